The van der Waals surface area contributed by atoms with Gasteiger partial charge < -0.3 is 10.3 Å². The first-order chi connectivity index (χ1) is 5.55. The van der Waals surface area contributed by atoms with Gasteiger partial charge in [-0.05, 0) is 13.8 Å². The molecule has 0 saturated heterocycles. The quantitative estimate of drug-likeness (QED) is 0.721. The van der Waals surface area contributed by atoms with Gasteiger partial charge >= 0.3 is 0 Å². The second-order valence-corrected chi connectivity index (χ2v) is 5.06. The molecule has 0 aliphatic rings. The van der Waals surface area contributed by atoms with Gasteiger partial charge in [0, 0.05) is 30.7 Å². The molecule has 4 heteroatoms. The standard InChI is InChI=1S/C8H15N3S/c1-8(2,6-9)12-7-10-4-5-11(7)3/h4-5H,6,9H2,1-3H3. The number of nitrogens with two attached hydrogens (primary N) is 1. The molecule has 0 bridgehead atoms. The summed E-state index contributed by atoms with van der Waals surface area (Å²) in [6, 6.07) is 0. The first-order valence-corrected chi connectivity index (χ1v) is 4.73. The van der Waals surface area contributed by atoms with Crippen molar-refractivity contribution in [3.8, 4) is 0 Å². The Kier molecular flexibility index (Phi) is 2.80. The fourth-order valence-electron chi connectivity index (χ4n) is 0.739. The van der Waals surface area contributed by atoms with Crippen LogP contribution in [0.1, 0.15) is 13.8 Å². The van der Waals surface area contributed by atoms with Gasteiger partial charge in [0.05, 0.1) is 0 Å². The molecule has 0 aliphatic carbocycles. The van der Waals surface area contributed by atoms with Gasteiger partial charge in [-0.1, -0.05) is 11.8 Å². The Bertz CT molecular complexity index is 255. The molecule has 0 atom stereocenters. The zero-order valence-corrected chi connectivity index (χ0v) is 8.56. The third kappa shape index (κ3) is 2.25. The minimum absolute atomic E-state index is 0.0686. The Morgan fingerprint density at radius 2 is 2.33 bits per heavy atom. The summed E-state index contributed by atoms with van der Waals surface area (Å²) in [5, 5.41) is 1.02. The fraction of sp³-hybridized carbons (Fsp3) is 0.625. The van der Waals surface area contributed by atoms with Crippen molar-refractivity contribution in [2.45, 2.75) is 23.8 Å². The summed E-state index contributed by atoms with van der Waals surface area (Å²) in [6.07, 6.45) is 3.74. The molecule has 0 spiro atoms. The molecule has 0 radical (unpaired) electrons. The Balaban J connectivity index is 2.70. The lowest BCUT2D eigenvalue weighted by Gasteiger charge is -2.20. The summed E-state index contributed by atoms with van der Waals surface area (Å²) in [7, 11) is 1.99. The summed E-state index contributed by atoms with van der Waals surface area (Å²) < 4.78 is 2.07. The average molecular weight is 185 g/mol. The number of aromatic nitrogens is 2. The average Bonchev–Trinajstić information content (AvgIpc) is 2.36. The van der Waals surface area contributed by atoms with Crippen LogP contribution in [0.5, 0.6) is 0 Å². The Morgan fingerprint density at radius 3 is 2.75 bits per heavy atom. The zero-order chi connectivity index (χ0) is 9.19. The number of aryl methyl sites for hydroxylation is 1. The lowest BCUT2D eigenvalue weighted by molar-refractivity contribution is 0.705. The van der Waals surface area contributed by atoms with Crippen molar-refractivity contribution in [1.29, 1.82) is 0 Å². The van der Waals surface area contributed by atoms with E-state index in [1.165, 1.54) is 0 Å². The van der Waals surface area contributed by atoms with Crippen molar-refractivity contribution in [1.82, 2.24) is 9.55 Å². The Hall–Kier alpha value is -0.480. The molecule has 0 aromatic carbocycles. The highest BCUT2D eigenvalue weighted by Crippen LogP contribution is 2.29. The first-order valence-electron chi connectivity index (χ1n) is 3.91. The van der Waals surface area contributed by atoms with Crippen molar-refractivity contribution in [3.63, 3.8) is 0 Å². The van der Waals surface area contributed by atoms with Crippen LogP contribution < -0.4 is 5.73 Å². The second kappa shape index (κ2) is 3.49. The van der Waals surface area contributed by atoms with E-state index in [1.54, 1.807) is 18.0 Å². The predicted octanol–water partition coefficient (Wildman–Crippen LogP) is 1.25. The Morgan fingerprint density at radius 1 is 1.67 bits per heavy atom. The van der Waals surface area contributed by atoms with Crippen LogP contribution in [-0.4, -0.2) is 20.8 Å². The maximum absolute atomic E-state index is 5.62. The van der Waals surface area contributed by atoms with Crippen molar-refractivity contribution in [3.05, 3.63) is 12.4 Å². The summed E-state index contributed by atoms with van der Waals surface area (Å²) in [5.41, 5.74) is 5.62. The number of nitrogens with zero attached hydrogens (tertiary/aromatic N) is 2. The third-order valence-corrected chi connectivity index (χ3v) is 2.93. The molecule has 0 saturated carbocycles. The smallest absolute Gasteiger partial charge is 0.168 e. The maximum Gasteiger partial charge on any atom is 0.168 e. The molecule has 1 aromatic heterocycles. The molecule has 0 unspecified atom stereocenters. The lowest BCUT2D eigenvalue weighted by Crippen LogP contribution is -2.27. The van der Waals surface area contributed by atoms with E-state index in [1.807, 2.05) is 17.8 Å². The number of thioether (sulfide) groups is 1. The van der Waals surface area contributed by atoms with E-state index in [9.17, 15) is 0 Å². The van der Waals surface area contributed by atoms with Crippen molar-refractivity contribution in [2.24, 2.45) is 12.8 Å². The zero-order valence-electron chi connectivity index (χ0n) is 7.74. The molecule has 1 rings (SSSR count). The number of imidazole rings is 1. The molecule has 0 aliphatic heterocycles. The fourth-order valence-corrected chi connectivity index (χ4v) is 1.64. The maximum atomic E-state index is 5.62. The van der Waals surface area contributed by atoms with Gasteiger partial charge in [-0.25, -0.2) is 4.98 Å². The van der Waals surface area contributed by atoms with Gasteiger partial charge in [-0.2, -0.15) is 0 Å². The van der Waals surface area contributed by atoms with Crippen molar-refractivity contribution in [2.75, 3.05) is 6.54 Å². The van der Waals surface area contributed by atoms with E-state index in [4.69, 9.17) is 5.73 Å². The summed E-state index contributed by atoms with van der Waals surface area (Å²) in [6.45, 7) is 4.89. The highest BCUT2D eigenvalue weighted by atomic mass is 32.2. The molecule has 0 fully saturated rings. The predicted molar refractivity (Wildman–Crippen MR) is 52.2 cm³/mol. The van der Waals surface area contributed by atoms with E-state index >= 15 is 0 Å². The van der Waals surface area contributed by atoms with Crippen molar-refractivity contribution < 1.29 is 0 Å². The van der Waals surface area contributed by atoms with Crippen LogP contribution in [0.15, 0.2) is 17.6 Å². The van der Waals surface area contributed by atoms with Crippen LogP contribution >= 0.6 is 11.8 Å². The molecule has 1 aromatic rings. The molecule has 0 amide bonds. The molecule has 2 N–H and O–H groups in total. The van der Waals surface area contributed by atoms with Crippen LogP contribution in [-0.2, 0) is 7.05 Å². The second-order valence-electron chi connectivity index (χ2n) is 3.39. The van der Waals surface area contributed by atoms with E-state index < -0.39 is 0 Å². The highest BCUT2D eigenvalue weighted by Gasteiger charge is 2.19. The molecule has 1 heterocycles. The van der Waals surface area contributed by atoms with E-state index in [-0.39, 0.29) is 4.75 Å². The molecule has 3 nitrogen and oxygen atoms in total. The van der Waals surface area contributed by atoms with Crippen LogP contribution in [0.3, 0.4) is 0 Å². The topological polar surface area (TPSA) is 43.8 Å². The van der Waals surface area contributed by atoms with Gasteiger partial charge in [0.25, 0.3) is 0 Å². The van der Waals surface area contributed by atoms with Crippen LogP contribution in [0, 0.1) is 0 Å². The molecule has 68 valence electrons. The largest absolute Gasteiger partial charge is 0.329 e. The van der Waals surface area contributed by atoms with Gasteiger partial charge in [0.2, 0.25) is 0 Å². The summed E-state index contributed by atoms with van der Waals surface area (Å²) >= 11 is 1.71. The summed E-state index contributed by atoms with van der Waals surface area (Å²) in [5.74, 6) is 0. The number of hydrogen-bond acceptors (Lipinski definition) is 3. The molecule has 12 heavy (non-hydrogen) atoms. The SMILES string of the molecule is Cn1ccnc1SC(C)(C)CN. The number of hydrogen-bond donors (Lipinski definition) is 1. The minimum atomic E-state index is 0.0686. The first kappa shape index (κ1) is 9.61. The van der Waals surface area contributed by atoms with Gasteiger partial charge in [0.1, 0.15) is 0 Å². The molecular weight excluding hydrogens is 170 g/mol. The summed E-state index contributed by atoms with van der Waals surface area (Å²) in [4.78, 5) is 4.22. The van der Waals surface area contributed by atoms with E-state index in [0.717, 1.165) is 5.16 Å². The normalized spacial score (nSPS) is 12.0. The van der Waals surface area contributed by atoms with Crippen molar-refractivity contribution >= 4 is 11.8 Å². The van der Waals surface area contributed by atoms with Gasteiger partial charge in [-0.3, -0.25) is 0 Å². The van der Waals surface area contributed by atoms with Crippen LogP contribution in [0.25, 0.3) is 0 Å². The lowest BCUT2D eigenvalue weighted by atomic mass is 10.2. The van der Waals surface area contributed by atoms with Gasteiger partial charge in [0.15, 0.2) is 5.16 Å². The van der Waals surface area contributed by atoms with Crippen LogP contribution in [0.4, 0.5) is 0 Å². The molecular formula is C8H15N3S. The monoisotopic (exact) mass is 185 g/mol. The Labute approximate surface area is 77.4 Å². The van der Waals surface area contributed by atoms with E-state index in [0.29, 0.717) is 6.54 Å². The minimum Gasteiger partial charge on any atom is -0.329 e. The highest BCUT2D eigenvalue weighted by molar-refractivity contribution is 8.00. The number of rotatable bonds is 3. The van der Waals surface area contributed by atoms with E-state index in [2.05, 4.69) is 18.8 Å². The van der Waals surface area contributed by atoms with Gasteiger partial charge in [-0.15, -0.1) is 0 Å². The van der Waals surface area contributed by atoms with Crippen LogP contribution in [0.2, 0.25) is 0 Å². The third-order valence-electron chi connectivity index (χ3n) is 1.64.